The minimum atomic E-state index is 0.257. The maximum atomic E-state index is 9.54. The van der Waals surface area contributed by atoms with Crippen molar-refractivity contribution in [3.8, 4) is 34.1 Å². The normalized spacial score (nSPS) is 12.9. The Labute approximate surface area is 163 Å². The molecule has 0 saturated heterocycles. The lowest BCUT2D eigenvalue weighted by molar-refractivity contribution is 0.324. The standard InChI is InChI=1S/C22H22N2O4/c1-26-19-11-15(12-20(27-2)22(19)28-3)21-18-10-16(13-24(18)9-8-23-21)14-4-6-17(25)7-5-14/h4-7,10-13,25H,8-9H2,1-3H3. The molecule has 4 rings (SSSR count). The highest BCUT2D eigenvalue weighted by molar-refractivity contribution is 6.13. The van der Waals surface area contributed by atoms with Crippen LogP contribution in [0, 0.1) is 0 Å². The summed E-state index contributed by atoms with van der Waals surface area (Å²) in [7, 11) is 4.80. The number of aromatic nitrogens is 1. The molecule has 0 bridgehead atoms. The highest BCUT2D eigenvalue weighted by Crippen LogP contribution is 2.39. The molecule has 2 heterocycles. The zero-order valence-corrected chi connectivity index (χ0v) is 16.1. The number of fused-ring (bicyclic) bond motifs is 1. The average molecular weight is 378 g/mol. The van der Waals surface area contributed by atoms with Crippen LogP contribution in [0.5, 0.6) is 23.0 Å². The summed E-state index contributed by atoms with van der Waals surface area (Å²) < 4.78 is 18.6. The van der Waals surface area contributed by atoms with Gasteiger partial charge in [-0.25, -0.2) is 0 Å². The molecule has 0 amide bonds. The lowest BCUT2D eigenvalue weighted by Crippen LogP contribution is -2.18. The first-order valence-electron chi connectivity index (χ1n) is 8.99. The fraction of sp³-hybridized carbons (Fsp3) is 0.227. The smallest absolute Gasteiger partial charge is 0.203 e. The number of phenols is 1. The predicted octanol–water partition coefficient (Wildman–Crippen LogP) is 3.74. The molecule has 2 aromatic carbocycles. The molecule has 6 nitrogen and oxygen atoms in total. The van der Waals surface area contributed by atoms with E-state index in [1.807, 2.05) is 24.3 Å². The monoisotopic (exact) mass is 378 g/mol. The molecule has 6 heteroatoms. The number of hydrogen-bond donors (Lipinski definition) is 1. The highest BCUT2D eigenvalue weighted by atomic mass is 16.5. The zero-order valence-electron chi connectivity index (χ0n) is 16.1. The Balaban J connectivity index is 1.79. The number of aliphatic imine (C=N–C) groups is 1. The molecule has 1 aliphatic heterocycles. The molecule has 0 radical (unpaired) electrons. The van der Waals surface area contributed by atoms with E-state index in [4.69, 9.17) is 19.2 Å². The van der Waals surface area contributed by atoms with Gasteiger partial charge in [0, 0.05) is 23.9 Å². The number of ether oxygens (including phenoxy) is 3. The molecule has 1 aromatic heterocycles. The summed E-state index contributed by atoms with van der Waals surface area (Å²) in [5.74, 6) is 2.02. The average Bonchev–Trinajstić information content (AvgIpc) is 3.17. The van der Waals surface area contributed by atoms with Crippen LogP contribution in [0.3, 0.4) is 0 Å². The van der Waals surface area contributed by atoms with Crippen LogP contribution in [0.25, 0.3) is 11.1 Å². The molecule has 0 unspecified atom stereocenters. The number of aromatic hydroxyl groups is 1. The molecular formula is C22H22N2O4. The zero-order chi connectivity index (χ0) is 19.7. The van der Waals surface area contributed by atoms with Crippen LogP contribution in [0.15, 0.2) is 53.7 Å². The van der Waals surface area contributed by atoms with E-state index < -0.39 is 0 Å². The maximum Gasteiger partial charge on any atom is 0.203 e. The first-order valence-corrected chi connectivity index (χ1v) is 8.99. The van der Waals surface area contributed by atoms with Gasteiger partial charge in [-0.3, -0.25) is 4.99 Å². The van der Waals surface area contributed by atoms with E-state index in [9.17, 15) is 5.11 Å². The molecule has 0 atom stereocenters. The van der Waals surface area contributed by atoms with Crippen molar-refractivity contribution in [2.45, 2.75) is 6.54 Å². The van der Waals surface area contributed by atoms with Crippen molar-refractivity contribution in [3.63, 3.8) is 0 Å². The Morgan fingerprint density at radius 2 is 1.54 bits per heavy atom. The number of benzene rings is 2. The summed E-state index contributed by atoms with van der Waals surface area (Å²) in [6.45, 7) is 1.52. The minimum absolute atomic E-state index is 0.257. The lowest BCUT2D eigenvalue weighted by Gasteiger charge is -2.19. The molecule has 28 heavy (non-hydrogen) atoms. The van der Waals surface area contributed by atoms with Gasteiger partial charge in [-0.1, -0.05) is 12.1 Å². The summed E-state index contributed by atoms with van der Waals surface area (Å²) in [4.78, 5) is 4.77. The van der Waals surface area contributed by atoms with Gasteiger partial charge in [-0.15, -0.1) is 0 Å². The van der Waals surface area contributed by atoms with Gasteiger partial charge in [-0.05, 0) is 35.9 Å². The van der Waals surface area contributed by atoms with Crippen molar-refractivity contribution in [1.82, 2.24) is 4.57 Å². The third-order valence-electron chi connectivity index (χ3n) is 4.89. The molecule has 0 spiro atoms. The van der Waals surface area contributed by atoms with Crippen LogP contribution in [0.2, 0.25) is 0 Å². The first kappa shape index (κ1) is 18.0. The fourth-order valence-electron chi connectivity index (χ4n) is 3.51. The maximum absolute atomic E-state index is 9.54. The lowest BCUT2D eigenvalue weighted by atomic mass is 10.0. The minimum Gasteiger partial charge on any atom is -0.508 e. The first-order chi connectivity index (χ1) is 13.6. The van der Waals surface area contributed by atoms with Crippen LogP contribution in [-0.2, 0) is 6.54 Å². The number of hydrogen-bond acceptors (Lipinski definition) is 5. The summed E-state index contributed by atoms with van der Waals surface area (Å²) in [6, 6.07) is 13.2. The third-order valence-corrected chi connectivity index (χ3v) is 4.89. The Bertz CT molecular complexity index is 1010. The number of nitrogens with zero attached hydrogens (tertiary/aromatic N) is 2. The Morgan fingerprint density at radius 3 is 2.14 bits per heavy atom. The predicted molar refractivity (Wildman–Crippen MR) is 108 cm³/mol. The van der Waals surface area contributed by atoms with Crippen molar-refractivity contribution in [2.75, 3.05) is 27.9 Å². The second-order valence-electron chi connectivity index (χ2n) is 6.50. The van der Waals surface area contributed by atoms with Gasteiger partial charge in [0.2, 0.25) is 5.75 Å². The summed E-state index contributed by atoms with van der Waals surface area (Å²) in [5.41, 5.74) is 4.95. The Kier molecular flexibility index (Phi) is 4.69. The van der Waals surface area contributed by atoms with Gasteiger partial charge < -0.3 is 23.9 Å². The quantitative estimate of drug-likeness (QED) is 0.735. The molecule has 0 fully saturated rings. The fourth-order valence-corrected chi connectivity index (χ4v) is 3.51. The second-order valence-corrected chi connectivity index (χ2v) is 6.50. The van der Waals surface area contributed by atoms with Crippen LogP contribution in [-0.4, -0.2) is 43.3 Å². The molecule has 144 valence electrons. The number of methoxy groups -OCH3 is 3. The molecular weight excluding hydrogens is 356 g/mol. The molecule has 1 aliphatic rings. The topological polar surface area (TPSA) is 65.2 Å². The van der Waals surface area contributed by atoms with Crippen molar-refractivity contribution < 1.29 is 19.3 Å². The summed E-state index contributed by atoms with van der Waals surface area (Å²) in [6.07, 6.45) is 2.12. The van der Waals surface area contributed by atoms with Gasteiger partial charge in [0.05, 0.1) is 39.3 Å². The van der Waals surface area contributed by atoms with Crippen molar-refractivity contribution >= 4 is 5.71 Å². The van der Waals surface area contributed by atoms with Crippen molar-refractivity contribution in [2.24, 2.45) is 4.99 Å². The van der Waals surface area contributed by atoms with Gasteiger partial charge >= 0.3 is 0 Å². The van der Waals surface area contributed by atoms with Crippen LogP contribution in [0.1, 0.15) is 11.3 Å². The van der Waals surface area contributed by atoms with Gasteiger partial charge in [0.15, 0.2) is 11.5 Å². The third kappa shape index (κ3) is 3.07. The molecule has 0 aliphatic carbocycles. The molecule has 1 N–H and O–H groups in total. The van der Waals surface area contributed by atoms with Crippen LogP contribution in [0.4, 0.5) is 0 Å². The second kappa shape index (κ2) is 7.31. The summed E-state index contributed by atoms with van der Waals surface area (Å²) >= 11 is 0. The van der Waals surface area contributed by atoms with E-state index in [2.05, 4.69) is 16.8 Å². The van der Waals surface area contributed by atoms with Gasteiger partial charge in [0.25, 0.3) is 0 Å². The van der Waals surface area contributed by atoms with E-state index >= 15 is 0 Å². The SMILES string of the molecule is COc1cc(C2=NCCn3cc(-c4ccc(O)cc4)cc32)cc(OC)c1OC. The van der Waals surface area contributed by atoms with Crippen molar-refractivity contribution in [3.05, 3.63) is 59.9 Å². The van der Waals surface area contributed by atoms with E-state index in [1.54, 1.807) is 33.5 Å². The van der Waals surface area contributed by atoms with E-state index in [-0.39, 0.29) is 5.75 Å². The van der Waals surface area contributed by atoms with E-state index in [0.717, 1.165) is 34.6 Å². The molecule has 0 saturated carbocycles. The van der Waals surface area contributed by atoms with Crippen LogP contribution >= 0.6 is 0 Å². The molecule has 3 aromatic rings. The van der Waals surface area contributed by atoms with Crippen LogP contribution < -0.4 is 14.2 Å². The Hall–Kier alpha value is -3.41. The highest BCUT2D eigenvalue weighted by Gasteiger charge is 2.21. The number of rotatable bonds is 5. The van der Waals surface area contributed by atoms with E-state index in [0.29, 0.717) is 23.8 Å². The van der Waals surface area contributed by atoms with Gasteiger partial charge in [-0.2, -0.15) is 0 Å². The van der Waals surface area contributed by atoms with Gasteiger partial charge in [0.1, 0.15) is 5.75 Å². The number of phenolic OH excluding ortho intramolecular Hbond substituents is 1. The summed E-state index contributed by atoms with van der Waals surface area (Å²) in [5, 5.41) is 9.54. The largest absolute Gasteiger partial charge is 0.508 e. The van der Waals surface area contributed by atoms with Crippen molar-refractivity contribution in [1.29, 1.82) is 0 Å². The van der Waals surface area contributed by atoms with E-state index in [1.165, 1.54) is 0 Å². The Morgan fingerprint density at radius 1 is 0.857 bits per heavy atom.